The fourth-order valence-electron chi connectivity index (χ4n) is 1.68. The summed E-state index contributed by atoms with van der Waals surface area (Å²) in [5.74, 6) is -1.27. The van der Waals surface area contributed by atoms with E-state index in [1.165, 1.54) is 6.07 Å². The maximum absolute atomic E-state index is 13.0. The molecule has 0 atom stereocenters. The fourth-order valence-corrected chi connectivity index (χ4v) is 1.68. The van der Waals surface area contributed by atoms with E-state index in [9.17, 15) is 13.6 Å². The molecule has 0 saturated heterocycles. The van der Waals surface area contributed by atoms with Crippen LogP contribution in [0.2, 0.25) is 0 Å². The molecule has 0 spiro atoms. The summed E-state index contributed by atoms with van der Waals surface area (Å²) in [5, 5.41) is 0. The number of Topliss-reactive ketones (excluding diaryl/α,β-unsaturated/α-hetero) is 1. The summed E-state index contributed by atoms with van der Waals surface area (Å²) in [6.45, 7) is 0. The Balaban J connectivity index is 2.03. The highest BCUT2D eigenvalue weighted by Crippen LogP contribution is 2.10. The smallest absolute Gasteiger partial charge is 0.159 e. The van der Waals surface area contributed by atoms with Gasteiger partial charge in [-0.15, -0.1) is 0 Å². The van der Waals surface area contributed by atoms with Crippen molar-refractivity contribution >= 4 is 5.78 Å². The Labute approximate surface area is 103 Å². The number of benzene rings is 1. The van der Waals surface area contributed by atoms with Gasteiger partial charge in [-0.05, 0) is 17.7 Å². The van der Waals surface area contributed by atoms with Crippen LogP contribution in [0.4, 0.5) is 8.78 Å². The van der Waals surface area contributed by atoms with E-state index in [-0.39, 0.29) is 18.6 Å². The van der Waals surface area contributed by atoms with Crippen molar-refractivity contribution in [3.63, 3.8) is 0 Å². The summed E-state index contributed by atoms with van der Waals surface area (Å²) in [5.41, 5.74) is 0.466. The van der Waals surface area contributed by atoms with Crippen molar-refractivity contribution in [2.24, 2.45) is 7.05 Å². The Kier molecular flexibility index (Phi) is 3.50. The van der Waals surface area contributed by atoms with E-state index in [4.69, 9.17) is 0 Å². The van der Waals surface area contributed by atoms with Crippen LogP contribution in [0, 0.1) is 11.6 Å². The molecule has 1 aromatic heterocycles. The topological polar surface area (TPSA) is 34.9 Å². The number of imidazole rings is 1. The fraction of sp³-hybridized carbons (Fsp3) is 0.231. The lowest BCUT2D eigenvalue weighted by Gasteiger charge is -2.03. The second-order valence-corrected chi connectivity index (χ2v) is 4.10. The zero-order valence-electron chi connectivity index (χ0n) is 9.86. The lowest BCUT2D eigenvalue weighted by Crippen LogP contribution is -2.10. The Morgan fingerprint density at radius 3 is 2.67 bits per heavy atom. The monoisotopic (exact) mass is 250 g/mol. The van der Waals surface area contributed by atoms with Gasteiger partial charge >= 0.3 is 0 Å². The highest BCUT2D eigenvalue weighted by molar-refractivity contribution is 5.82. The van der Waals surface area contributed by atoms with Crippen molar-refractivity contribution < 1.29 is 13.6 Å². The van der Waals surface area contributed by atoms with Crippen LogP contribution in [0.25, 0.3) is 0 Å². The molecule has 94 valence electrons. The first-order valence-electron chi connectivity index (χ1n) is 5.48. The van der Waals surface area contributed by atoms with Crippen molar-refractivity contribution in [1.82, 2.24) is 9.55 Å². The van der Waals surface area contributed by atoms with Crippen LogP contribution in [0.1, 0.15) is 11.4 Å². The average molecular weight is 250 g/mol. The van der Waals surface area contributed by atoms with Gasteiger partial charge in [-0.1, -0.05) is 6.07 Å². The molecule has 0 aliphatic heterocycles. The van der Waals surface area contributed by atoms with E-state index >= 15 is 0 Å². The number of hydrogen-bond donors (Lipinski definition) is 0. The predicted molar refractivity (Wildman–Crippen MR) is 62.0 cm³/mol. The number of carbonyl (C=O) groups excluding carboxylic acids is 1. The maximum atomic E-state index is 13.0. The molecule has 0 fully saturated rings. The number of carbonyl (C=O) groups is 1. The molecule has 1 heterocycles. The molecule has 0 aliphatic rings. The summed E-state index contributed by atoms with van der Waals surface area (Å²) in [4.78, 5) is 15.8. The maximum Gasteiger partial charge on any atom is 0.159 e. The SMILES string of the molecule is Cn1ccnc1CC(=O)Cc1ccc(F)c(F)c1. The van der Waals surface area contributed by atoms with Crippen LogP contribution >= 0.6 is 0 Å². The largest absolute Gasteiger partial charge is 0.338 e. The van der Waals surface area contributed by atoms with Crippen molar-refractivity contribution in [2.75, 3.05) is 0 Å². The minimum atomic E-state index is -0.933. The molecular weight excluding hydrogens is 238 g/mol. The van der Waals surface area contributed by atoms with Gasteiger partial charge in [-0.25, -0.2) is 13.8 Å². The number of hydrogen-bond acceptors (Lipinski definition) is 2. The van der Waals surface area contributed by atoms with Gasteiger partial charge in [-0.3, -0.25) is 4.79 Å². The Hall–Kier alpha value is -2.04. The average Bonchev–Trinajstić information content (AvgIpc) is 2.70. The van der Waals surface area contributed by atoms with Gasteiger partial charge in [0.1, 0.15) is 11.6 Å². The first-order valence-corrected chi connectivity index (χ1v) is 5.48. The van der Waals surface area contributed by atoms with E-state index in [1.54, 1.807) is 24.0 Å². The number of halogens is 2. The van der Waals surface area contributed by atoms with Gasteiger partial charge in [0, 0.05) is 25.9 Å². The highest BCUT2D eigenvalue weighted by atomic mass is 19.2. The summed E-state index contributed by atoms with van der Waals surface area (Å²) in [7, 11) is 1.80. The molecule has 0 unspecified atom stereocenters. The lowest BCUT2D eigenvalue weighted by atomic mass is 10.1. The van der Waals surface area contributed by atoms with Gasteiger partial charge in [0.2, 0.25) is 0 Å². The van der Waals surface area contributed by atoms with Crippen molar-refractivity contribution in [1.29, 1.82) is 0 Å². The molecule has 2 rings (SSSR count). The van der Waals surface area contributed by atoms with Gasteiger partial charge in [0.15, 0.2) is 11.6 Å². The van der Waals surface area contributed by atoms with Crippen LogP contribution in [-0.2, 0) is 24.7 Å². The number of aryl methyl sites for hydroxylation is 1. The predicted octanol–water partition coefficient (Wildman–Crippen LogP) is 2.05. The molecule has 0 aliphatic carbocycles. The van der Waals surface area contributed by atoms with Crippen molar-refractivity contribution in [3.05, 3.63) is 53.6 Å². The lowest BCUT2D eigenvalue weighted by molar-refractivity contribution is -0.117. The second kappa shape index (κ2) is 5.08. The van der Waals surface area contributed by atoms with E-state index in [0.717, 1.165) is 12.1 Å². The summed E-state index contributed by atoms with van der Waals surface area (Å²) in [6.07, 6.45) is 3.62. The minimum absolute atomic E-state index is 0.0735. The summed E-state index contributed by atoms with van der Waals surface area (Å²) < 4.78 is 27.4. The first-order chi connectivity index (χ1) is 8.56. The third-order valence-corrected chi connectivity index (χ3v) is 2.66. The summed E-state index contributed by atoms with van der Waals surface area (Å²) in [6, 6.07) is 3.49. The van der Waals surface area contributed by atoms with Gasteiger partial charge in [0.05, 0.1) is 6.42 Å². The Morgan fingerprint density at radius 1 is 1.28 bits per heavy atom. The number of nitrogens with zero attached hydrogens (tertiary/aromatic N) is 2. The quantitative estimate of drug-likeness (QED) is 0.832. The van der Waals surface area contributed by atoms with E-state index in [1.807, 2.05) is 0 Å². The van der Waals surface area contributed by atoms with Crippen LogP contribution in [0.3, 0.4) is 0 Å². The third kappa shape index (κ3) is 2.80. The van der Waals surface area contributed by atoms with Crippen molar-refractivity contribution in [2.45, 2.75) is 12.8 Å². The molecule has 1 aromatic carbocycles. The molecule has 2 aromatic rings. The first kappa shape index (κ1) is 12.4. The Bertz CT molecular complexity index is 578. The molecular formula is C13H12F2N2O. The Morgan fingerprint density at radius 2 is 2.06 bits per heavy atom. The van der Waals surface area contributed by atoms with Crippen LogP contribution < -0.4 is 0 Å². The molecule has 0 N–H and O–H groups in total. The van der Waals surface area contributed by atoms with E-state index in [0.29, 0.717) is 11.4 Å². The molecule has 0 saturated carbocycles. The molecule has 0 amide bonds. The third-order valence-electron chi connectivity index (χ3n) is 2.66. The molecule has 0 radical (unpaired) electrons. The van der Waals surface area contributed by atoms with Gasteiger partial charge < -0.3 is 4.57 Å². The molecule has 0 bridgehead atoms. The molecule has 3 nitrogen and oxygen atoms in total. The van der Waals surface area contributed by atoms with Crippen LogP contribution in [0.15, 0.2) is 30.6 Å². The summed E-state index contributed by atoms with van der Waals surface area (Å²) >= 11 is 0. The van der Waals surface area contributed by atoms with E-state index < -0.39 is 11.6 Å². The van der Waals surface area contributed by atoms with Crippen molar-refractivity contribution in [3.8, 4) is 0 Å². The highest BCUT2D eigenvalue weighted by Gasteiger charge is 2.10. The van der Waals surface area contributed by atoms with Crippen LogP contribution in [-0.4, -0.2) is 15.3 Å². The van der Waals surface area contributed by atoms with Crippen LogP contribution in [0.5, 0.6) is 0 Å². The molecule has 18 heavy (non-hydrogen) atoms. The zero-order valence-corrected chi connectivity index (χ0v) is 9.86. The number of rotatable bonds is 4. The second-order valence-electron chi connectivity index (χ2n) is 4.10. The van der Waals surface area contributed by atoms with Gasteiger partial charge in [0.25, 0.3) is 0 Å². The normalized spacial score (nSPS) is 10.6. The molecule has 5 heteroatoms. The van der Waals surface area contributed by atoms with E-state index in [2.05, 4.69) is 4.98 Å². The van der Waals surface area contributed by atoms with Gasteiger partial charge in [-0.2, -0.15) is 0 Å². The zero-order chi connectivity index (χ0) is 13.1. The number of ketones is 1. The standard InChI is InChI=1S/C13H12F2N2O/c1-17-5-4-16-13(17)8-10(18)6-9-2-3-11(14)12(15)7-9/h2-5,7H,6,8H2,1H3. The minimum Gasteiger partial charge on any atom is -0.338 e. The number of aromatic nitrogens is 2.